The molecule has 1 atom stereocenters. The Hall–Kier alpha value is -2.71. The Balaban J connectivity index is 1.87. The summed E-state index contributed by atoms with van der Waals surface area (Å²) >= 11 is 0. The standard InChI is InChI=1S/C13H17N7O2/c1-19-7-10(17-18-19)13(22)20-5-3-2-4-11(20)8-6-9(12(14)21)16-15-8/h6-7,11H,2-5H2,1H3,(H2,14,21)(H,15,16). The van der Waals surface area contributed by atoms with E-state index in [-0.39, 0.29) is 17.6 Å². The quantitative estimate of drug-likeness (QED) is 0.826. The zero-order chi connectivity index (χ0) is 15.7. The number of primary amides is 1. The molecule has 0 aliphatic carbocycles. The third-order valence-corrected chi connectivity index (χ3v) is 3.79. The number of hydrogen-bond donors (Lipinski definition) is 2. The molecule has 1 saturated heterocycles. The number of aromatic amines is 1. The Morgan fingerprint density at radius 3 is 2.82 bits per heavy atom. The number of rotatable bonds is 3. The first-order valence-corrected chi connectivity index (χ1v) is 7.08. The molecule has 0 spiro atoms. The topological polar surface area (TPSA) is 123 Å². The van der Waals surface area contributed by atoms with Gasteiger partial charge in [0.1, 0.15) is 5.69 Å². The largest absolute Gasteiger partial charge is 0.364 e. The summed E-state index contributed by atoms with van der Waals surface area (Å²) in [6, 6.07) is 1.44. The number of aryl methyl sites for hydroxylation is 1. The molecule has 0 bridgehead atoms. The number of piperidine rings is 1. The van der Waals surface area contributed by atoms with Crippen molar-refractivity contribution in [3.63, 3.8) is 0 Å². The SMILES string of the molecule is Cn1cc(C(=O)N2CCCCC2c2cc(C(N)=O)n[nH]2)nn1. The predicted octanol–water partition coefficient (Wildman–Crippen LogP) is 0.00450. The van der Waals surface area contributed by atoms with E-state index in [0.29, 0.717) is 17.9 Å². The molecule has 3 rings (SSSR count). The molecule has 3 heterocycles. The molecule has 0 saturated carbocycles. The number of aromatic nitrogens is 5. The van der Waals surface area contributed by atoms with Crippen LogP contribution in [0.5, 0.6) is 0 Å². The molecule has 2 amide bonds. The summed E-state index contributed by atoms with van der Waals surface area (Å²) in [4.78, 5) is 25.5. The summed E-state index contributed by atoms with van der Waals surface area (Å²) in [7, 11) is 1.71. The molecule has 116 valence electrons. The van der Waals surface area contributed by atoms with Crippen molar-refractivity contribution in [3.8, 4) is 0 Å². The second kappa shape index (κ2) is 5.58. The minimum atomic E-state index is -0.592. The van der Waals surface area contributed by atoms with Gasteiger partial charge in [-0.3, -0.25) is 19.4 Å². The number of nitrogens with one attached hydrogen (secondary N) is 1. The summed E-state index contributed by atoms with van der Waals surface area (Å²) in [5.41, 5.74) is 6.42. The van der Waals surface area contributed by atoms with Gasteiger partial charge >= 0.3 is 0 Å². The van der Waals surface area contributed by atoms with Gasteiger partial charge in [0.2, 0.25) is 0 Å². The number of likely N-dealkylation sites (tertiary alicyclic amines) is 1. The zero-order valence-corrected chi connectivity index (χ0v) is 12.2. The fraction of sp³-hybridized carbons (Fsp3) is 0.462. The number of nitrogens with two attached hydrogens (primary N) is 1. The second-order valence-corrected chi connectivity index (χ2v) is 5.36. The Morgan fingerprint density at radius 1 is 1.36 bits per heavy atom. The Morgan fingerprint density at radius 2 is 2.18 bits per heavy atom. The lowest BCUT2D eigenvalue weighted by Gasteiger charge is -2.34. The van der Waals surface area contributed by atoms with Crippen molar-refractivity contribution < 1.29 is 9.59 Å². The molecule has 2 aromatic rings. The molecule has 1 unspecified atom stereocenters. The van der Waals surface area contributed by atoms with Crippen molar-refractivity contribution in [1.82, 2.24) is 30.1 Å². The molecule has 1 fully saturated rings. The molecule has 9 nitrogen and oxygen atoms in total. The van der Waals surface area contributed by atoms with Crippen molar-refractivity contribution in [3.05, 3.63) is 29.3 Å². The second-order valence-electron chi connectivity index (χ2n) is 5.36. The van der Waals surface area contributed by atoms with Crippen LogP contribution in [0.3, 0.4) is 0 Å². The first-order valence-electron chi connectivity index (χ1n) is 7.08. The predicted molar refractivity (Wildman–Crippen MR) is 75.7 cm³/mol. The first kappa shape index (κ1) is 14.2. The molecule has 1 aliphatic rings. The smallest absolute Gasteiger partial charge is 0.276 e. The Labute approximate surface area is 126 Å². The fourth-order valence-electron chi connectivity index (χ4n) is 2.72. The molecule has 0 radical (unpaired) electrons. The van der Waals surface area contributed by atoms with Crippen LogP contribution in [0, 0.1) is 0 Å². The van der Waals surface area contributed by atoms with Gasteiger partial charge in [-0.1, -0.05) is 5.21 Å². The van der Waals surface area contributed by atoms with Gasteiger partial charge in [-0.15, -0.1) is 5.10 Å². The normalized spacial score (nSPS) is 18.4. The summed E-state index contributed by atoms with van der Waals surface area (Å²) < 4.78 is 1.49. The van der Waals surface area contributed by atoms with Gasteiger partial charge in [-0.2, -0.15) is 5.10 Å². The molecular weight excluding hydrogens is 286 g/mol. The molecule has 1 aliphatic heterocycles. The summed E-state index contributed by atoms with van der Waals surface area (Å²) in [5.74, 6) is -0.766. The van der Waals surface area contributed by atoms with E-state index in [1.54, 1.807) is 24.2 Å². The number of nitrogens with zero attached hydrogens (tertiary/aromatic N) is 5. The number of hydrogen-bond acceptors (Lipinski definition) is 5. The highest BCUT2D eigenvalue weighted by atomic mass is 16.2. The number of H-pyrrole nitrogens is 1. The van der Waals surface area contributed by atoms with Crippen LogP contribution in [0.4, 0.5) is 0 Å². The first-order chi connectivity index (χ1) is 10.6. The maximum atomic E-state index is 12.6. The number of amides is 2. The van der Waals surface area contributed by atoms with Gasteiger partial charge in [0.15, 0.2) is 5.69 Å². The van der Waals surface area contributed by atoms with E-state index >= 15 is 0 Å². The molecule has 2 aromatic heterocycles. The lowest BCUT2D eigenvalue weighted by molar-refractivity contribution is 0.0599. The lowest BCUT2D eigenvalue weighted by atomic mass is 9.98. The molecule has 3 N–H and O–H groups in total. The molecule has 9 heteroatoms. The van der Waals surface area contributed by atoms with Crippen LogP contribution in [0.1, 0.15) is 52.0 Å². The van der Waals surface area contributed by atoms with E-state index in [0.717, 1.165) is 19.3 Å². The van der Waals surface area contributed by atoms with Gasteiger partial charge in [-0.25, -0.2) is 0 Å². The van der Waals surface area contributed by atoms with Crippen LogP contribution >= 0.6 is 0 Å². The maximum absolute atomic E-state index is 12.6. The van der Waals surface area contributed by atoms with Crippen LogP contribution < -0.4 is 5.73 Å². The lowest BCUT2D eigenvalue weighted by Crippen LogP contribution is -2.38. The minimum absolute atomic E-state index is 0.163. The van der Waals surface area contributed by atoms with E-state index in [4.69, 9.17) is 5.73 Å². The van der Waals surface area contributed by atoms with Crippen molar-refractivity contribution in [2.75, 3.05) is 6.54 Å². The van der Waals surface area contributed by atoms with Gasteiger partial charge in [0, 0.05) is 13.6 Å². The van der Waals surface area contributed by atoms with Gasteiger partial charge in [0.25, 0.3) is 11.8 Å². The van der Waals surface area contributed by atoms with E-state index in [1.165, 1.54) is 4.68 Å². The average molecular weight is 303 g/mol. The van der Waals surface area contributed by atoms with E-state index in [9.17, 15) is 9.59 Å². The van der Waals surface area contributed by atoms with Crippen LogP contribution in [-0.2, 0) is 7.05 Å². The summed E-state index contributed by atoms with van der Waals surface area (Å²) in [6.07, 6.45) is 4.32. The highest BCUT2D eigenvalue weighted by Gasteiger charge is 2.31. The van der Waals surface area contributed by atoms with Crippen molar-refractivity contribution in [1.29, 1.82) is 0 Å². The maximum Gasteiger partial charge on any atom is 0.276 e. The van der Waals surface area contributed by atoms with Gasteiger partial charge in [0.05, 0.1) is 17.9 Å². The van der Waals surface area contributed by atoms with E-state index < -0.39 is 5.91 Å². The van der Waals surface area contributed by atoms with E-state index in [2.05, 4.69) is 20.5 Å². The van der Waals surface area contributed by atoms with Crippen molar-refractivity contribution in [2.24, 2.45) is 12.8 Å². The fourth-order valence-corrected chi connectivity index (χ4v) is 2.72. The van der Waals surface area contributed by atoms with Crippen molar-refractivity contribution in [2.45, 2.75) is 25.3 Å². The Bertz CT molecular complexity index is 705. The average Bonchev–Trinajstić information content (AvgIpc) is 3.15. The minimum Gasteiger partial charge on any atom is -0.364 e. The summed E-state index contributed by atoms with van der Waals surface area (Å²) in [6.45, 7) is 0.630. The van der Waals surface area contributed by atoms with Crippen LogP contribution in [-0.4, -0.2) is 48.5 Å². The van der Waals surface area contributed by atoms with Crippen LogP contribution in [0.2, 0.25) is 0 Å². The van der Waals surface area contributed by atoms with Crippen LogP contribution in [0.25, 0.3) is 0 Å². The third-order valence-electron chi connectivity index (χ3n) is 3.79. The van der Waals surface area contributed by atoms with Crippen LogP contribution in [0.15, 0.2) is 12.3 Å². The highest BCUT2D eigenvalue weighted by Crippen LogP contribution is 2.31. The summed E-state index contributed by atoms with van der Waals surface area (Å²) in [5, 5.41) is 14.4. The highest BCUT2D eigenvalue weighted by molar-refractivity contribution is 5.92. The van der Waals surface area contributed by atoms with Gasteiger partial charge < -0.3 is 10.6 Å². The zero-order valence-electron chi connectivity index (χ0n) is 12.2. The number of carbonyl (C=O) groups is 2. The number of carbonyl (C=O) groups excluding carboxylic acids is 2. The van der Waals surface area contributed by atoms with E-state index in [1.807, 2.05) is 0 Å². The molecule has 22 heavy (non-hydrogen) atoms. The Kier molecular flexibility index (Phi) is 3.61. The molecular formula is C13H17N7O2. The van der Waals surface area contributed by atoms with Gasteiger partial charge in [-0.05, 0) is 25.3 Å². The monoisotopic (exact) mass is 303 g/mol. The third kappa shape index (κ3) is 2.57. The molecule has 0 aromatic carbocycles. The van der Waals surface area contributed by atoms with Crippen molar-refractivity contribution >= 4 is 11.8 Å².